The monoisotopic (exact) mass is 506 g/mol. The Balaban J connectivity index is 1.43. The molecule has 8 nitrogen and oxygen atoms in total. The van der Waals surface area contributed by atoms with E-state index in [4.69, 9.17) is 5.41 Å². The highest BCUT2D eigenvalue weighted by Crippen LogP contribution is 2.39. The maximum Gasteiger partial charge on any atom is 0.416 e. The molecule has 1 aromatic heterocycles. The number of benzene rings is 1. The zero-order valence-electron chi connectivity index (χ0n) is 19.8. The van der Waals surface area contributed by atoms with E-state index in [2.05, 4.69) is 10.6 Å². The van der Waals surface area contributed by atoms with Gasteiger partial charge in [-0.3, -0.25) is 9.59 Å². The molecule has 1 atom stereocenters. The van der Waals surface area contributed by atoms with Crippen molar-refractivity contribution in [3.63, 3.8) is 0 Å². The summed E-state index contributed by atoms with van der Waals surface area (Å²) in [6.45, 7) is 1.30. The number of aliphatic hydroxyl groups is 1. The highest BCUT2D eigenvalue weighted by molar-refractivity contribution is 5.96. The van der Waals surface area contributed by atoms with E-state index in [1.54, 1.807) is 19.1 Å². The first-order chi connectivity index (χ1) is 16.9. The Morgan fingerprint density at radius 3 is 2.58 bits per heavy atom. The number of rotatable bonds is 8. The van der Waals surface area contributed by atoms with Crippen LogP contribution < -0.4 is 15.4 Å². The molecule has 0 saturated heterocycles. The van der Waals surface area contributed by atoms with Crippen molar-refractivity contribution in [3.05, 3.63) is 70.7 Å². The molecule has 2 amide bonds. The van der Waals surface area contributed by atoms with Gasteiger partial charge < -0.3 is 26.4 Å². The Bertz CT molecular complexity index is 1110. The predicted molar refractivity (Wildman–Crippen MR) is 125 cm³/mol. The van der Waals surface area contributed by atoms with Crippen molar-refractivity contribution in [2.45, 2.75) is 56.8 Å². The second kappa shape index (κ2) is 11.1. The number of carbonyl (C=O) groups excluding carboxylic acids is 2. The van der Waals surface area contributed by atoms with E-state index in [-0.39, 0.29) is 17.9 Å². The summed E-state index contributed by atoms with van der Waals surface area (Å²) < 4.78 is 39.1. The summed E-state index contributed by atoms with van der Waals surface area (Å²) in [4.78, 5) is 24.3. The highest BCUT2D eigenvalue weighted by Gasteiger charge is 2.37. The summed E-state index contributed by atoms with van der Waals surface area (Å²) in [6.07, 6.45) is 0.357. The van der Waals surface area contributed by atoms with Gasteiger partial charge in [-0.1, -0.05) is 6.07 Å². The van der Waals surface area contributed by atoms with Crippen LogP contribution in [0.2, 0.25) is 0 Å². The number of alkyl halides is 3. The fourth-order valence-corrected chi connectivity index (χ4v) is 4.44. The molecule has 1 heterocycles. The standard InChI is InChI=1S/C25H29F3N4O4/c1-16(31-22(33)14-30-23(34)18-4-2-5-19(13-18)25(26,27)28)12-21(29)17-7-9-24(35,10-8-17)20-6-3-11-32(36)15-20/h2-6,11,13,15-17,29,35H,7-10,12,14H2,1H3,(H,30,34)(H,31,33)/t16-,17?,24?/m1/s1. The molecule has 1 aliphatic carbocycles. The lowest BCUT2D eigenvalue weighted by Crippen LogP contribution is -2.42. The predicted octanol–water partition coefficient (Wildman–Crippen LogP) is 3.06. The van der Waals surface area contributed by atoms with Gasteiger partial charge in [-0.2, -0.15) is 17.9 Å². The van der Waals surface area contributed by atoms with Crippen LogP contribution in [0.5, 0.6) is 0 Å². The molecule has 2 aromatic rings. The van der Waals surface area contributed by atoms with Crippen LogP contribution in [0.1, 0.15) is 60.5 Å². The molecule has 0 spiro atoms. The second-order valence-electron chi connectivity index (χ2n) is 9.22. The third kappa shape index (κ3) is 7.03. The van der Waals surface area contributed by atoms with Crippen molar-refractivity contribution in [1.82, 2.24) is 10.6 Å². The summed E-state index contributed by atoms with van der Waals surface area (Å²) >= 11 is 0. The average molecular weight is 507 g/mol. The first kappa shape index (κ1) is 27.1. The molecular weight excluding hydrogens is 477 g/mol. The number of aromatic nitrogens is 1. The van der Waals surface area contributed by atoms with E-state index in [9.17, 15) is 33.1 Å². The first-order valence-corrected chi connectivity index (χ1v) is 11.6. The molecule has 194 valence electrons. The smallest absolute Gasteiger partial charge is 0.416 e. The van der Waals surface area contributed by atoms with Crippen molar-refractivity contribution in [2.75, 3.05) is 6.54 Å². The van der Waals surface area contributed by atoms with E-state index < -0.39 is 41.7 Å². The van der Waals surface area contributed by atoms with Gasteiger partial charge >= 0.3 is 6.18 Å². The van der Waals surface area contributed by atoms with Crippen molar-refractivity contribution < 1.29 is 32.6 Å². The fraction of sp³-hybridized carbons (Fsp3) is 0.440. The van der Waals surface area contributed by atoms with E-state index in [1.165, 1.54) is 18.5 Å². The van der Waals surface area contributed by atoms with Gasteiger partial charge in [-0.15, -0.1) is 0 Å². The van der Waals surface area contributed by atoms with Gasteiger partial charge in [0.05, 0.1) is 17.7 Å². The van der Waals surface area contributed by atoms with Crippen molar-refractivity contribution in [3.8, 4) is 0 Å². The van der Waals surface area contributed by atoms with Crippen LogP contribution in [0.3, 0.4) is 0 Å². The molecular formula is C25H29F3N4O4. The molecule has 1 aromatic carbocycles. The van der Waals surface area contributed by atoms with Crippen LogP contribution in [0.4, 0.5) is 13.2 Å². The molecule has 1 saturated carbocycles. The molecule has 0 bridgehead atoms. The zero-order chi connectivity index (χ0) is 26.5. The van der Waals surface area contributed by atoms with Gasteiger partial charge in [0.2, 0.25) is 5.91 Å². The van der Waals surface area contributed by atoms with Crippen LogP contribution in [0.25, 0.3) is 0 Å². The Morgan fingerprint density at radius 2 is 1.94 bits per heavy atom. The minimum atomic E-state index is -4.58. The summed E-state index contributed by atoms with van der Waals surface area (Å²) in [6, 6.07) is 6.83. The normalized spacial score (nSPS) is 20.9. The first-order valence-electron chi connectivity index (χ1n) is 11.6. The Labute approximate surface area is 206 Å². The van der Waals surface area contributed by atoms with Crippen LogP contribution >= 0.6 is 0 Å². The third-order valence-corrected chi connectivity index (χ3v) is 6.41. The van der Waals surface area contributed by atoms with Gasteiger partial charge in [0.25, 0.3) is 5.91 Å². The largest absolute Gasteiger partial charge is 0.619 e. The van der Waals surface area contributed by atoms with Crippen LogP contribution in [-0.4, -0.2) is 35.2 Å². The molecule has 0 aliphatic heterocycles. The summed E-state index contributed by atoms with van der Waals surface area (Å²) in [5.74, 6) is -1.38. The second-order valence-corrected chi connectivity index (χ2v) is 9.22. The summed E-state index contributed by atoms with van der Waals surface area (Å²) in [7, 11) is 0. The number of nitrogens with one attached hydrogen (secondary N) is 3. The van der Waals surface area contributed by atoms with Gasteiger partial charge in [0, 0.05) is 35.4 Å². The SMILES string of the molecule is C[C@H](CC(=N)C1CCC(O)(c2ccc[n+]([O-])c2)CC1)NC(=O)CNC(=O)c1cccc(C(F)(F)F)c1. The minimum absolute atomic E-state index is 0.0617. The molecule has 0 unspecified atom stereocenters. The molecule has 4 N–H and O–H groups in total. The lowest BCUT2D eigenvalue weighted by molar-refractivity contribution is -0.606. The van der Waals surface area contributed by atoms with Gasteiger partial charge in [-0.05, 0) is 62.8 Å². The zero-order valence-corrected chi connectivity index (χ0v) is 19.8. The number of pyridine rings is 1. The lowest BCUT2D eigenvalue weighted by Gasteiger charge is -2.36. The Hall–Kier alpha value is -3.47. The molecule has 11 heteroatoms. The maximum atomic E-state index is 12.8. The van der Waals surface area contributed by atoms with Gasteiger partial charge in [-0.25, -0.2) is 0 Å². The van der Waals surface area contributed by atoms with E-state index in [1.807, 2.05) is 0 Å². The van der Waals surface area contributed by atoms with Gasteiger partial charge in [0.15, 0.2) is 12.4 Å². The molecule has 1 aliphatic rings. The minimum Gasteiger partial charge on any atom is -0.619 e. The van der Waals surface area contributed by atoms with Crippen LogP contribution in [0, 0.1) is 16.5 Å². The maximum absolute atomic E-state index is 12.8. The summed E-state index contributed by atoms with van der Waals surface area (Å²) in [5, 5.41) is 35.9. The molecule has 36 heavy (non-hydrogen) atoms. The van der Waals surface area contributed by atoms with E-state index >= 15 is 0 Å². The highest BCUT2D eigenvalue weighted by atomic mass is 19.4. The number of carbonyl (C=O) groups is 2. The third-order valence-electron chi connectivity index (χ3n) is 6.41. The van der Waals surface area contributed by atoms with Crippen molar-refractivity contribution in [2.24, 2.45) is 5.92 Å². The lowest BCUT2D eigenvalue weighted by atomic mass is 9.73. The molecule has 3 rings (SSSR count). The quantitative estimate of drug-likeness (QED) is 0.249. The molecule has 1 fully saturated rings. The van der Waals surface area contributed by atoms with E-state index in [0.717, 1.165) is 18.2 Å². The number of hydrogen-bond acceptors (Lipinski definition) is 5. The number of amides is 2. The summed E-state index contributed by atoms with van der Waals surface area (Å²) in [5.41, 5.74) is -1.28. The number of nitrogens with zero attached hydrogens (tertiary/aromatic N) is 1. The number of hydrogen-bond donors (Lipinski definition) is 4. The van der Waals surface area contributed by atoms with Crippen molar-refractivity contribution >= 4 is 17.5 Å². The Kier molecular flexibility index (Phi) is 8.34. The number of halogens is 3. The molecule has 0 radical (unpaired) electrons. The van der Waals surface area contributed by atoms with Gasteiger partial charge in [0.1, 0.15) is 0 Å². The van der Waals surface area contributed by atoms with Crippen LogP contribution in [-0.2, 0) is 16.6 Å². The Morgan fingerprint density at radius 1 is 1.25 bits per heavy atom. The topological polar surface area (TPSA) is 129 Å². The average Bonchev–Trinajstić information content (AvgIpc) is 2.82. The van der Waals surface area contributed by atoms with Crippen LogP contribution in [0.15, 0.2) is 48.8 Å². The fourth-order valence-electron chi connectivity index (χ4n) is 4.44. The van der Waals surface area contributed by atoms with Crippen molar-refractivity contribution in [1.29, 1.82) is 5.41 Å². The van der Waals surface area contributed by atoms with E-state index in [0.29, 0.717) is 41.7 Å².